The van der Waals surface area contributed by atoms with E-state index in [1.54, 1.807) is 0 Å². The summed E-state index contributed by atoms with van der Waals surface area (Å²) in [5.74, 6) is -0.0642. The van der Waals surface area contributed by atoms with Crippen LogP contribution in [0.2, 0.25) is 0 Å². The van der Waals surface area contributed by atoms with Crippen LogP contribution in [-0.2, 0) is 17.6 Å². The van der Waals surface area contributed by atoms with Crippen LogP contribution in [0.1, 0.15) is 54.1 Å². The number of hydrogen-bond acceptors (Lipinski definition) is 3. The van der Waals surface area contributed by atoms with Crippen LogP contribution in [0.3, 0.4) is 0 Å². The summed E-state index contributed by atoms with van der Waals surface area (Å²) < 4.78 is 0. The molecule has 1 aliphatic carbocycles. The first kappa shape index (κ1) is 16.7. The molecule has 0 saturated heterocycles. The average Bonchev–Trinajstić information content (AvgIpc) is 2.56. The molecule has 1 aromatic carbocycles. The van der Waals surface area contributed by atoms with Crippen LogP contribution >= 0.6 is 0 Å². The van der Waals surface area contributed by atoms with Gasteiger partial charge in [-0.25, -0.2) is 0 Å². The second-order valence-electron chi connectivity index (χ2n) is 6.21. The molecule has 120 valence electrons. The van der Waals surface area contributed by atoms with Crippen molar-refractivity contribution >= 4 is 11.7 Å². The van der Waals surface area contributed by atoms with Crippen LogP contribution in [0.15, 0.2) is 18.2 Å². The fourth-order valence-electron chi connectivity index (χ4n) is 2.72. The van der Waals surface area contributed by atoms with E-state index < -0.39 is 0 Å². The first-order chi connectivity index (χ1) is 10.6. The van der Waals surface area contributed by atoms with Gasteiger partial charge < -0.3 is 10.4 Å². The molecule has 0 aromatic heterocycles. The first-order valence-electron chi connectivity index (χ1n) is 8.12. The Balaban J connectivity index is 1.83. The highest BCUT2D eigenvalue weighted by molar-refractivity contribution is 5.98. The second kappa shape index (κ2) is 8.08. The molecule has 0 spiro atoms. The number of carbonyl (C=O) groups is 2. The number of fused-ring (bicyclic) bond motifs is 1. The zero-order valence-electron chi connectivity index (χ0n) is 13.2. The highest BCUT2D eigenvalue weighted by atomic mass is 16.3. The van der Waals surface area contributed by atoms with Crippen molar-refractivity contribution in [2.45, 2.75) is 45.4 Å². The number of nitrogens with one attached hydrogen (secondary N) is 1. The molecular weight excluding hydrogens is 278 g/mol. The minimum Gasteiger partial charge on any atom is -0.396 e. The fourth-order valence-corrected chi connectivity index (χ4v) is 2.72. The number of aryl methyl sites for hydroxylation is 2. The average molecular weight is 303 g/mol. The smallest absolute Gasteiger partial charge is 0.220 e. The summed E-state index contributed by atoms with van der Waals surface area (Å²) in [6.07, 6.45) is 5.01. The van der Waals surface area contributed by atoms with Gasteiger partial charge in [-0.2, -0.15) is 0 Å². The molecule has 1 unspecified atom stereocenters. The van der Waals surface area contributed by atoms with Gasteiger partial charge in [-0.1, -0.05) is 19.1 Å². The predicted octanol–water partition coefficient (Wildman–Crippen LogP) is 2.27. The summed E-state index contributed by atoms with van der Waals surface area (Å²) in [4.78, 5) is 23.9. The first-order valence-corrected chi connectivity index (χ1v) is 8.12. The standard InChI is InChI=1S/C18H25NO3/c1-13(12-20)11-19-18(22)9-8-17(21)16-7-6-14-4-2-3-5-15(14)10-16/h6-7,10,13,20H,2-5,8-9,11-12H2,1H3,(H,19,22). The lowest BCUT2D eigenvalue weighted by molar-refractivity contribution is -0.121. The zero-order valence-corrected chi connectivity index (χ0v) is 13.2. The molecule has 0 aliphatic heterocycles. The summed E-state index contributed by atoms with van der Waals surface area (Å²) in [5, 5.41) is 11.6. The van der Waals surface area contributed by atoms with E-state index in [1.807, 2.05) is 19.1 Å². The molecule has 4 nitrogen and oxygen atoms in total. The van der Waals surface area contributed by atoms with Crippen LogP contribution in [0.4, 0.5) is 0 Å². The van der Waals surface area contributed by atoms with Crippen LogP contribution in [0.5, 0.6) is 0 Å². The number of rotatable bonds is 7. The van der Waals surface area contributed by atoms with Crippen molar-refractivity contribution < 1.29 is 14.7 Å². The van der Waals surface area contributed by atoms with Gasteiger partial charge in [0.05, 0.1) is 0 Å². The SMILES string of the molecule is CC(CO)CNC(=O)CCC(=O)c1ccc2c(c1)CCCC2. The van der Waals surface area contributed by atoms with Gasteiger partial charge in [0.1, 0.15) is 0 Å². The van der Waals surface area contributed by atoms with E-state index in [2.05, 4.69) is 11.4 Å². The Labute approximate surface area is 131 Å². The number of amides is 1. The van der Waals surface area contributed by atoms with Gasteiger partial charge in [-0.15, -0.1) is 0 Å². The summed E-state index contributed by atoms with van der Waals surface area (Å²) in [5.41, 5.74) is 3.37. The van der Waals surface area contributed by atoms with E-state index in [4.69, 9.17) is 5.11 Å². The number of carbonyl (C=O) groups excluding carboxylic acids is 2. The topological polar surface area (TPSA) is 66.4 Å². The number of aliphatic hydroxyl groups is 1. The maximum Gasteiger partial charge on any atom is 0.220 e. The summed E-state index contributed by atoms with van der Waals surface area (Å²) in [6.45, 7) is 2.36. The van der Waals surface area contributed by atoms with E-state index in [1.165, 1.54) is 24.0 Å². The van der Waals surface area contributed by atoms with E-state index >= 15 is 0 Å². The van der Waals surface area contributed by atoms with Gasteiger partial charge >= 0.3 is 0 Å². The highest BCUT2D eigenvalue weighted by Gasteiger charge is 2.14. The molecule has 0 fully saturated rings. The molecule has 1 amide bonds. The van der Waals surface area contributed by atoms with Gasteiger partial charge in [0.15, 0.2) is 5.78 Å². The van der Waals surface area contributed by atoms with Crippen molar-refractivity contribution in [1.29, 1.82) is 0 Å². The molecule has 0 radical (unpaired) electrons. The number of hydrogen-bond donors (Lipinski definition) is 2. The lowest BCUT2D eigenvalue weighted by Crippen LogP contribution is -2.29. The summed E-state index contributed by atoms with van der Waals surface area (Å²) in [7, 11) is 0. The van der Waals surface area contributed by atoms with Gasteiger partial charge in [0.2, 0.25) is 5.91 Å². The van der Waals surface area contributed by atoms with Gasteiger partial charge in [0.25, 0.3) is 0 Å². The largest absolute Gasteiger partial charge is 0.396 e. The maximum atomic E-state index is 12.2. The predicted molar refractivity (Wildman–Crippen MR) is 85.9 cm³/mol. The Morgan fingerprint density at radius 1 is 1.18 bits per heavy atom. The van der Waals surface area contributed by atoms with Crippen LogP contribution in [-0.4, -0.2) is 29.9 Å². The third-order valence-corrected chi connectivity index (χ3v) is 4.21. The van der Waals surface area contributed by atoms with Crippen LogP contribution in [0.25, 0.3) is 0 Å². The molecule has 0 bridgehead atoms. The Morgan fingerprint density at radius 3 is 2.64 bits per heavy atom. The monoisotopic (exact) mass is 303 g/mol. The van der Waals surface area contributed by atoms with E-state index in [-0.39, 0.29) is 37.1 Å². The minimum absolute atomic E-state index is 0.0266. The van der Waals surface area contributed by atoms with Crippen molar-refractivity contribution in [1.82, 2.24) is 5.32 Å². The van der Waals surface area contributed by atoms with E-state index in [0.29, 0.717) is 6.54 Å². The summed E-state index contributed by atoms with van der Waals surface area (Å²) >= 11 is 0. The van der Waals surface area contributed by atoms with Gasteiger partial charge in [0, 0.05) is 31.6 Å². The Morgan fingerprint density at radius 2 is 1.91 bits per heavy atom. The van der Waals surface area contributed by atoms with Crippen molar-refractivity contribution in [3.05, 3.63) is 34.9 Å². The molecule has 0 saturated carbocycles. The quantitative estimate of drug-likeness (QED) is 0.759. The second-order valence-corrected chi connectivity index (χ2v) is 6.21. The minimum atomic E-state index is -0.133. The normalized spacial score (nSPS) is 15.0. The third-order valence-electron chi connectivity index (χ3n) is 4.21. The molecule has 2 N–H and O–H groups in total. The fraction of sp³-hybridized carbons (Fsp3) is 0.556. The molecule has 1 atom stereocenters. The van der Waals surface area contributed by atoms with E-state index in [9.17, 15) is 9.59 Å². The number of benzene rings is 1. The number of aliphatic hydroxyl groups excluding tert-OH is 1. The molecule has 4 heteroatoms. The Hall–Kier alpha value is -1.68. The molecule has 22 heavy (non-hydrogen) atoms. The third kappa shape index (κ3) is 4.67. The molecular formula is C18H25NO3. The molecule has 1 aromatic rings. The van der Waals surface area contributed by atoms with Crippen LogP contribution < -0.4 is 5.32 Å². The Bertz CT molecular complexity index is 539. The zero-order chi connectivity index (χ0) is 15.9. The van der Waals surface area contributed by atoms with Crippen LogP contribution in [0, 0.1) is 5.92 Å². The molecule has 1 aliphatic rings. The highest BCUT2D eigenvalue weighted by Crippen LogP contribution is 2.22. The maximum absolute atomic E-state index is 12.2. The molecule has 2 rings (SSSR count). The molecule has 0 heterocycles. The lowest BCUT2D eigenvalue weighted by Gasteiger charge is -2.16. The van der Waals surface area contributed by atoms with E-state index in [0.717, 1.165) is 18.4 Å². The lowest BCUT2D eigenvalue weighted by atomic mass is 9.89. The van der Waals surface area contributed by atoms with Crippen molar-refractivity contribution in [3.8, 4) is 0 Å². The van der Waals surface area contributed by atoms with Gasteiger partial charge in [-0.3, -0.25) is 9.59 Å². The Kier molecular flexibility index (Phi) is 6.13. The number of ketones is 1. The number of Topliss-reactive ketones (excluding diaryl/α,β-unsaturated/α-hetero) is 1. The van der Waals surface area contributed by atoms with Crippen molar-refractivity contribution in [3.63, 3.8) is 0 Å². The van der Waals surface area contributed by atoms with Gasteiger partial charge in [-0.05, 0) is 48.8 Å². The summed E-state index contributed by atoms with van der Waals surface area (Å²) in [6, 6.07) is 5.95. The van der Waals surface area contributed by atoms with Crippen molar-refractivity contribution in [2.24, 2.45) is 5.92 Å². The van der Waals surface area contributed by atoms with Crippen molar-refractivity contribution in [2.75, 3.05) is 13.2 Å².